The Bertz CT molecular complexity index is 956. The van der Waals surface area contributed by atoms with Crippen LogP contribution in [0.15, 0.2) is 42.2 Å². The van der Waals surface area contributed by atoms with Crippen molar-refractivity contribution in [3.05, 3.63) is 47.7 Å². The second-order valence-corrected chi connectivity index (χ2v) is 24.1. The standard InChI is InChI=1S/C30H53NO5Si2/c1-28(2,3)36-27(32)31-24(21-34-37(10,11)29(4,5)6)19-26(33-20-23-17-15-14-16-18-23)25(31)22-35-38(12,13)30(7,8)9/h14-19,24-25H,20-22H2,1-13H3/t24-,25-/m1/s1. The molecule has 1 aliphatic heterocycles. The number of carbonyl (C=O) groups is 1. The van der Waals surface area contributed by atoms with Gasteiger partial charge >= 0.3 is 6.09 Å². The first-order chi connectivity index (χ1) is 17.1. The summed E-state index contributed by atoms with van der Waals surface area (Å²) in [4.78, 5) is 15.5. The van der Waals surface area contributed by atoms with Crippen molar-refractivity contribution in [3.8, 4) is 0 Å². The molecular formula is C30H53NO5Si2. The molecule has 2 atom stereocenters. The summed E-state index contributed by atoms with van der Waals surface area (Å²) >= 11 is 0. The van der Waals surface area contributed by atoms with Crippen molar-refractivity contribution in [1.29, 1.82) is 0 Å². The molecule has 6 nitrogen and oxygen atoms in total. The van der Waals surface area contributed by atoms with E-state index in [2.05, 4.69) is 67.7 Å². The molecular weight excluding hydrogens is 511 g/mol. The minimum absolute atomic E-state index is 0.0436. The normalized spacial score (nSPS) is 19.4. The maximum Gasteiger partial charge on any atom is 0.411 e. The van der Waals surface area contributed by atoms with E-state index in [9.17, 15) is 4.79 Å². The molecule has 0 saturated carbocycles. The van der Waals surface area contributed by atoms with Gasteiger partial charge in [-0.1, -0.05) is 71.9 Å². The zero-order chi connectivity index (χ0) is 29.2. The van der Waals surface area contributed by atoms with Gasteiger partial charge in [0.25, 0.3) is 0 Å². The lowest BCUT2D eigenvalue weighted by atomic mass is 10.2. The van der Waals surface area contributed by atoms with Gasteiger partial charge in [-0.25, -0.2) is 4.79 Å². The molecule has 0 unspecified atom stereocenters. The quantitative estimate of drug-likeness (QED) is 0.284. The summed E-state index contributed by atoms with van der Waals surface area (Å²) in [6, 6.07) is 9.38. The fourth-order valence-electron chi connectivity index (χ4n) is 3.52. The Morgan fingerprint density at radius 3 is 1.79 bits per heavy atom. The van der Waals surface area contributed by atoms with Crippen molar-refractivity contribution in [3.63, 3.8) is 0 Å². The van der Waals surface area contributed by atoms with Gasteiger partial charge in [-0.15, -0.1) is 0 Å². The van der Waals surface area contributed by atoms with E-state index in [0.29, 0.717) is 19.8 Å². The number of carbonyl (C=O) groups excluding carboxylic acids is 1. The lowest BCUT2D eigenvalue weighted by Gasteiger charge is -2.40. The third-order valence-corrected chi connectivity index (χ3v) is 17.1. The number of rotatable bonds is 9. The van der Waals surface area contributed by atoms with Crippen molar-refractivity contribution in [1.82, 2.24) is 4.90 Å². The molecule has 0 fully saturated rings. The van der Waals surface area contributed by atoms with Crippen LogP contribution in [0.1, 0.15) is 67.9 Å². The van der Waals surface area contributed by atoms with Gasteiger partial charge in [0, 0.05) is 0 Å². The van der Waals surface area contributed by atoms with E-state index in [1.165, 1.54) is 0 Å². The van der Waals surface area contributed by atoms with Crippen LogP contribution in [0.5, 0.6) is 0 Å². The third kappa shape index (κ3) is 8.70. The van der Waals surface area contributed by atoms with Crippen LogP contribution >= 0.6 is 0 Å². The number of hydrogen-bond donors (Lipinski definition) is 0. The Morgan fingerprint density at radius 1 is 0.816 bits per heavy atom. The fourth-order valence-corrected chi connectivity index (χ4v) is 5.54. The Labute approximate surface area is 234 Å². The molecule has 0 saturated heterocycles. The minimum Gasteiger partial charge on any atom is -0.491 e. The van der Waals surface area contributed by atoms with Crippen LogP contribution in [-0.2, 0) is 24.9 Å². The van der Waals surface area contributed by atoms with E-state index >= 15 is 0 Å². The molecule has 1 aromatic rings. The first-order valence-electron chi connectivity index (χ1n) is 13.8. The largest absolute Gasteiger partial charge is 0.491 e. The molecule has 8 heteroatoms. The molecule has 1 amide bonds. The molecule has 1 aromatic carbocycles. The second-order valence-electron chi connectivity index (χ2n) is 14.5. The first-order valence-corrected chi connectivity index (χ1v) is 19.6. The van der Waals surface area contributed by atoms with Crippen LogP contribution in [0.25, 0.3) is 0 Å². The van der Waals surface area contributed by atoms with Crippen LogP contribution in [-0.4, -0.2) is 58.5 Å². The van der Waals surface area contributed by atoms with Crippen LogP contribution < -0.4 is 0 Å². The van der Waals surface area contributed by atoms with Gasteiger partial charge < -0.3 is 18.3 Å². The zero-order valence-corrected chi connectivity index (χ0v) is 28.2. The maximum atomic E-state index is 13.7. The highest BCUT2D eigenvalue weighted by atomic mass is 28.4. The summed E-state index contributed by atoms with van der Waals surface area (Å²) in [6.45, 7) is 29.1. The van der Waals surface area contributed by atoms with Gasteiger partial charge in [0.15, 0.2) is 16.6 Å². The highest BCUT2D eigenvalue weighted by molar-refractivity contribution is 6.74. The molecule has 216 valence electrons. The second kappa shape index (κ2) is 11.9. The minimum atomic E-state index is -2.08. The summed E-state index contributed by atoms with van der Waals surface area (Å²) in [6.07, 6.45) is 1.67. The molecule has 0 bridgehead atoms. The number of benzene rings is 1. The van der Waals surface area contributed by atoms with Gasteiger partial charge in [-0.2, -0.15) is 0 Å². The number of amides is 1. The molecule has 38 heavy (non-hydrogen) atoms. The summed E-state index contributed by atoms with van der Waals surface area (Å²) in [5.41, 5.74) is 0.447. The molecule has 0 aliphatic carbocycles. The van der Waals surface area contributed by atoms with Crippen LogP contribution in [0.4, 0.5) is 4.79 Å². The number of nitrogens with zero attached hydrogens (tertiary/aromatic N) is 1. The van der Waals surface area contributed by atoms with Crippen molar-refractivity contribution in [2.75, 3.05) is 13.2 Å². The lowest BCUT2D eigenvalue weighted by Crippen LogP contribution is -2.52. The van der Waals surface area contributed by atoms with E-state index in [1.807, 2.05) is 57.2 Å². The summed E-state index contributed by atoms with van der Waals surface area (Å²) in [5.74, 6) is 0.738. The molecule has 0 aromatic heterocycles. The van der Waals surface area contributed by atoms with Gasteiger partial charge in [-0.05, 0) is 68.7 Å². The summed E-state index contributed by atoms with van der Waals surface area (Å²) < 4.78 is 25.6. The fraction of sp³-hybridized carbons (Fsp3) is 0.700. The van der Waals surface area contributed by atoms with E-state index in [0.717, 1.165) is 11.3 Å². The topological polar surface area (TPSA) is 57.2 Å². The monoisotopic (exact) mass is 563 g/mol. The van der Waals surface area contributed by atoms with Crippen LogP contribution in [0, 0.1) is 0 Å². The van der Waals surface area contributed by atoms with Gasteiger partial charge in [0.2, 0.25) is 0 Å². The average Bonchev–Trinajstić information content (AvgIpc) is 3.10. The van der Waals surface area contributed by atoms with Gasteiger partial charge in [-0.3, -0.25) is 4.90 Å². The van der Waals surface area contributed by atoms with Crippen molar-refractivity contribution >= 4 is 22.7 Å². The lowest BCUT2D eigenvalue weighted by molar-refractivity contribution is 0.00102. The predicted molar refractivity (Wildman–Crippen MR) is 161 cm³/mol. The SMILES string of the molecule is CC(C)(C)OC(=O)N1[C@@H](CO[Si](C)(C)C(C)(C)C)C=C(OCc2ccccc2)[C@H]1CO[Si](C)(C)C(C)(C)C. The van der Waals surface area contributed by atoms with Crippen molar-refractivity contribution < 1.29 is 23.1 Å². The van der Waals surface area contributed by atoms with Crippen LogP contribution in [0.3, 0.4) is 0 Å². The summed E-state index contributed by atoms with van der Waals surface area (Å²) in [5, 5.41) is 0.103. The number of ether oxygens (including phenoxy) is 2. The Hall–Kier alpha value is -1.62. The Kier molecular flexibility index (Phi) is 10.2. The maximum absolute atomic E-state index is 13.7. The smallest absolute Gasteiger partial charge is 0.411 e. The highest BCUT2D eigenvalue weighted by Gasteiger charge is 2.46. The van der Waals surface area contributed by atoms with Crippen molar-refractivity contribution in [2.45, 2.75) is 123 Å². The molecule has 1 aliphatic rings. The van der Waals surface area contributed by atoms with Gasteiger partial charge in [0.05, 0.1) is 19.3 Å². The molecule has 0 spiro atoms. The van der Waals surface area contributed by atoms with E-state index in [4.69, 9.17) is 18.3 Å². The van der Waals surface area contributed by atoms with E-state index < -0.39 is 28.3 Å². The zero-order valence-electron chi connectivity index (χ0n) is 26.2. The predicted octanol–water partition coefficient (Wildman–Crippen LogP) is 8.12. The molecule has 0 N–H and O–H groups in total. The molecule has 0 radical (unpaired) electrons. The first kappa shape index (κ1) is 32.6. The third-order valence-electron chi connectivity index (χ3n) is 8.06. The Balaban J connectivity index is 2.42. The van der Waals surface area contributed by atoms with Crippen molar-refractivity contribution in [2.24, 2.45) is 0 Å². The van der Waals surface area contributed by atoms with Crippen LogP contribution in [0.2, 0.25) is 36.3 Å². The molecule has 2 rings (SSSR count). The summed E-state index contributed by atoms with van der Waals surface area (Å²) in [7, 11) is -4.13. The Morgan fingerprint density at radius 2 is 1.32 bits per heavy atom. The van der Waals surface area contributed by atoms with E-state index in [1.54, 1.807) is 4.90 Å². The highest BCUT2D eigenvalue weighted by Crippen LogP contribution is 2.39. The average molecular weight is 564 g/mol. The number of hydrogen-bond acceptors (Lipinski definition) is 5. The van der Waals surface area contributed by atoms with Gasteiger partial charge in [0.1, 0.15) is 24.0 Å². The molecule has 1 heterocycles. The van der Waals surface area contributed by atoms with E-state index in [-0.39, 0.29) is 22.2 Å².